The summed E-state index contributed by atoms with van der Waals surface area (Å²) in [5.74, 6) is 1.18. The summed E-state index contributed by atoms with van der Waals surface area (Å²) < 4.78 is 5.54. The van der Waals surface area contributed by atoms with Crippen LogP contribution in [0.5, 0.6) is 0 Å². The van der Waals surface area contributed by atoms with Crippen molar-refractivity contribution in [3.05, 3.63) is 65.3 Å². The van der Waals surface area contributed by atoms with Gasteiger partial charge in [0.15, 0.2) is 0 Å². The molecule has 1 saturated heterocycles. The molecule has 24 heavy (non-hydrogen) atoms. The summed E-state index contributed by atoms with van der Waals surface area (Å²) in [6.07, 6.45) is 5.42. The maximum Gasteiger partial charge on any atom is 0.244 e. The highest BCUT2D eigenvalue weighted by Crippen LogP contribution is 2.34. The van der Waals surface area contributed by atoms with Gasteiger partial charge >= 0.3 is 0 Å². The summed E-state index contributed by atoms with van der Waals surface area (Å²) >= 11 is 6.17. The first-order valence-corrected chi connectivity index (χ1v) is 8.40. The van der Waals surface area contributed by atoms with Gasteiger partial charge in [0.05, 0.1) is 11.1 Å². The molecular formula is C18H17ClN4O. The molecule has 4 rings (SSSR count). The lowest BCUT2D eigenvalue weighted by Gasteiger charge is -2.21. The normalized spacial score (nSPS) is 18.1. The summed E-state index contributed by atoms with van der Waals surface area (Å²) in [6.45, 7) is 1.92. The molecule has 3 heterocycles. The lowest BCUT2D eigenvalue weighted by Crippen LogP contribution is -2.22. The predicted octanol–water partition coefficient (Wildman–Crippen LogP) is 4.12. The van der Waals surface area contributed by atoms with Crippen molar-refractivity contribution < 1.29 is 4.52 Å². The number of rotatable bonds is 4. The molecule has 1 unspecified atom stereocenters. The smallest absolute Gasteiger partial charge is 0.244 e. The first-order valence-electron chi connectivity index (χ1n) is 8.03. The van der Waals surface area contributed by atoms with E-state index in [9.17, 15) is 0 Å². The second-order valence-electron chi connectivity index (χ2n) is 5.93. The number of pyridine rings is 1. The molecule has 0 spiro atoms. The SMILES string of the molecule is Clc1cnccc1-c1noc(C2CCCN2Cc2ccccc2)n1. The summed E-state index contributed by atoms with van der Waals surface area (Å²) in [6, 6.07) is 12.4. The zero-order chi connectivity index (χ0) is 16.4. The van der Waals surface area contributed by atoms with Gasteiger partial charge in [-0.1, -0.05) is 47.1 Å². The Hall–Kier alpha value is -2.24. The number of hydrogen-bond donors (Lipinski definition) is 0. The summed E-state index contributed by atoms with van der Waals surface area (Å²) in [4.78, 5) is 11.0. The van der Waals surface area contributed by atoms with E-state index in [-0.39, 0.29) is 6.04 Å². The van der Waals surface area contributed by atoms with Gasteiger partial charge in [0.2, 0.25) is 11.7 Å². The van der Waals surface area contributed by atoms with E-state index in [2.05, 4.69) is 44.3 Å². The summed E-state index contributed by atoms with van der Waals surface area (Å²) in [5, 5.41) is 4.63. The van der Waals surface area contributed by atoms with Gasteiger partial charge in [-0.05, 0) is 31.0 Å². The molecule has 1 aliphatic rings. The monoisotopic (exact) mass is 340 g/mol. The lowest BCUT2D eigenvalue weighted by atomic mass is 10.2. The number of aromatic nitrogens is 3. The summed E-state index contributed by atoms with van der Waals surface area (Å²) in [7, 11) is 0. The standard InChI is InChI=1S/C18H17ClN4O/c19-15-11-20-9-8-14(15)17-21-18(24-22-17)16-7-4-10-23(16)12-13-5-2-1-3-6-13/h1-3,5-6,8-9,11,16H,4,7,10,12H2. The van der Waals surface area contributed by atoms with Crippen molar-refractivity contribution in [2.75, 3.05) is 6.54 Å². The van der Waals surface area contributed by atoms with Crippen molar-refractivity contribution in [2.24, 2.45) is 0 Å². The Morgan fingerprint density at radius 2 is 2.08 bits per heavy atom. The minimum absolute atomic E-state index is 0.159. The van der Waals surface area contributed by atoms with Crippen molar-refractivity contribution in [1.29, 1.82) is 0 Å². The minimum Gasteiger partial charge on any atom is -0.337 e. The third-order valence-corrected chi connectivity index (χ3v) is 4.63. The zero-order valence-electron chi connectivity index (χ0n) is 13.1. The molecule has 6 heteroatoms. The molecule has 0 radical (unpaired) electrons. The average molecular weight is 341 g/mol. The number of halogens is 1. The molecule has 0 aliphatic carbocycles. The van der Waals surface area contributed by atoms with Gasteiger partial charge in [0.1, 0.15) is 0 Å². The van der Waals surface area contributed by atoms with Crippen LogP contribution >= 0.6 is 11.6 Å². The highest BCUT2D eigenvalue weighted by Gasteiger charge is 2.31. The van der Waals surface area contributed by atoms with Crippen molar-refractivity contribution in [1.82, 2.24) is 20.0 Å². The van der Waals surface area contributed by atoms with E-state index in [1.165, 1.54) is 5.56 Å². The van der Waals surface area contributed by atoms with E-state index in [1.807, 2.05) is 6.07 Å². The van der Waals surface area contributed by atoms with E-state index in [0.717, 1.165) is 31.5 Å². The molecule has 3 aromatic rings. The molecule has 2 aromatic heterocycles. The molecule has 1 fully saturated rings. The molecule has 1 aromatic carbocycles. The van der Waals surface area contributed by atoms with Crippen LogP contribution in [0.2, 0.25) is 5.02 Å². The molecule has 0 bridgehead atoms. The lowest BCUT2D eigenvalue weighted by molar-refractivity contribution is 0.201. The Labute approximate surface area is 145 Å². The highest BCUT2D eigenvalue weighted by atomic mass is 35.5. The quantitative estimate of drug-likeness (QED) is 0.715. The van der Waals surface area contributed by atoms with Gasteiger partial charge in [-0.2, -0.15) is 4.98 Å². The van der Waals surface area contributed by atoms with Crippen LogP contribution in [0.25, 0.3) is 11.4 Å². The largest absolute Gasteiger partial charge is 0.337 e. The van der Waals surface area contributed by atoms with Gasteiger partial charge in [0, 0.05) is 24.5 Å². The van der Waals surface area contributed by atoms with Gasteiger partial charge < -0.3 is 4.52 Å². The van der Waals surface area contributed by atoms with Crippen LogP contribution in [0, 0.1) is 0 Å². The average Bonchev–Trinajstić information content (AvgIpc) is 3.25. The molecule has 5 nitrogen and oxygen atoms in total. The van der Waals surface area contributed by atoms with Crippen LogP contribution < -0.4 is 0 Å². The van der Waals surface area contributed by atoms with Gasteiger partial charge in [-0.25, -0.2) is 0 Å². The molecule has 0 saturated carbocycles. The second-order valence-corrected chi connectivity index (χ2v) is 6.33. The Kier molecular flexibility index (Phi) is 4.28. The maximum atomic E-state index is 6.17. The van der Waals surface area contributed by atoms with Crippen molar-refractivity contribution in [3.63, 3.8) is 0 Å². The van der Waals surface area contributed by atoms with Crippen LogP contribution in [-0.2, 0) is 6.54 Å². The van der Waals surface area contributed by atoms with E-state index >= 15 is 0 Å². The predicted molar refractivity (Wildman–Crippen MR) is 91.4 cm³/mol. The van der Waals surface area contributed by atoms with Crippen LogP contribution in [0.3, 0.4) is 0 Å². The topological polar surface area (TPSA) is 55.1 Å². The first kappa shape index (κ1) is 15.3. The van der Waals surface area contributed by atoms with Crippen LogP contribution in [-0.4, -0.2) is 26.6 Å². The van der Waals surface area contributed by atoms with Gasteiger partial charge in [-0.3, -0.25) is 9.88 Å². The zero-order valence-corrected chi connectivity index (χ0v) is 13.9. The Balaban J connectivity index is 1.56. The first-order chi connectivity index (χ1) is 11.8. The van der Waals surface area contributed by atoms with Crippen LogP contribution in [0.15, 0.2) is 53.3 Å². The molecule has 0 amide bonds. The van der Waals surface area contributed by atoms with Gasteiger partial charge in [0.25, 0.3) is 0 Å². The fourth-order valence-electron chi connectivity index (χ4n) is 3.15. The molecule has 1 aliphatic heterocycles. The fourth-order valence-corrected chi connectivity index (χ4v) is 3.35. The third-order valence-electron chi connectivity index (χ3n) is 4.33. The van der Waals surface area contributed by atoms with E-state index < -0.39 is 0 Å². The molecule has 122 valence electrons. The van der Waals surface area contributed by atoms with Crippen LogP contribution in [0.1, 0.15) is 30.3 Å². The Morgan fingerprint density at radius 3 is 2.92 bits per heavy atom. The molecule has 0 N–H and O–H groups in total. The Morgan fingerprint density at radius 1 is 1.21 bits per heavy atom. The third kappa shape index (κ3) is 3.05. The maximum absolute atomic E-state index is 6.17. The van der Waals surface area contributed by atoms with Crippen molar-refractivity contribution >= 4 is 11.6 Å². The van der Waals surface area contributed by atoms with Gasteiger partial charge in [-0.15, -0.1) is 0 Å². The summed E-state index contributed by atoms with van der Waals surface area (Å²) in [5.41, 5.74) is 2.04. The number of nitrogens with zero attached hydrogens (tertiary/aromatic N) is 4. The number of hydrogen-bond acceptors (Lipinski definition) is 5. The van der Waals surface area contributed by atoms with Crippen molar-refractivity contribution in [2.45, 2.75) is 25.4 Å². The number of benzene rings is 1. The fraction of sp³-hybridized carbons (Fsp3) is 0.278. The second kappa shape index (κ2) is 6.71. The van der Waals surface area contributed by atoms with E-state index in [0.29, 0.717) is 16.7 Å². The number of likely N-dealkylation sites (tertiary alicyclic amines) is 1. The highest BCUT2D eigenvalue weighted by molar-refractivity contribution is 6.33. The Bertz CT molecular complexity index is 821. The molecule has 1 atom stereocenters. The molecular weight excluding hydrogens is 324 g/mol. The van der Waals surface area contributed by atoms with E-state index in [1.54, 1.807) is 18.5 Å². The van der Waals surface area contributed by atoms with Crippen molar-refractivity contribution in [3.8, 4) is 11.4 Å². The minimum atomic E-state index is 0.159. The van der Waals surface area contributed by atoms with E-state index in [4.69, 9.17) is 16.1 Å². The van der Waals surface area contributed by atoms with Crippen LogP contribution in [0.4, 0.5) is 0 Å².